The molecular weight excluding hydrogens is 288 g/mol. The fourth-order valence-corrected chi connectivity index (χ4v) is 3.43. The van der Waals surface area contributed by atoms with Crippen LogP contribution in [0, 0.1) is 19.8 Å². The van der Waals surface area contributed by atoms with Crippen molar-refractivity contribution in [3.63, 3.8) is 0 Å². The van der Waals surface area contributed by atoms with Crippen LogP contribution in [-0.4, -0.2) is 30.6 Å². The maximum Gasteiger partial charge on any atom is 0.232 e. The van der Waals surface area contributed by atoms with Gasteiger partial charge in [0.2, 0.25) is 9.05 Å². The van der Waals surface area contributed by atoms with Gasteiger partial charge in [0.25, 0.3) is 0 Å². The van der Waals surface area contributed by atoms with E-state index >= 15 is 0 Å². The Labute approximate surface area is 119 Å². The summed E-state index contributed by atoms with van der Waals surface area (Å²) in [7, 11) is 3.67. The molecule has 0 aliphatic rings. The molecule has 19 heavy (non-hydrogen) atoms. The first-order valence-electron chi connectivity index (χ1n) is 6.30. The lowest BCUT2D eigenvalue weighted by atomic mass is 10.1. The van der Waals surface area contributed by atoms with Gasteiger partial charge in [-0.15, -0.1) is 0 Å². The number of halogens is 1. The van der Waals surface area contributed by atoms with E-state index in [0.717, 1.165) is 30.0 Å². The second kappa shape index (κ2) is 6.61. The van der Waals surface area contributed by atoms with E-state index in [4.69, 9.17) is 15.4 Å². The SMILES string of the molecule is CCCC(COc1c(C)nn(C)c1C)CS(=O)(=O)Cl. The van der Waals surface area contributed by atoms with Crippen LogP contribution in [0.3, 0.4) is 0 Å². The average Bonchev–Trinajstić information content (AvgIpc) is 2.49. The Morgan fingerprint density at radius 2 is 2.05 bits per heavy atom. The van der Waals surface area contributed by atoms with Crippen molar-refractivity contribution in [2.45, 2.75) is 33.6 Å². The molecule has 5 nitrogen and oxygen atoms in total. The predicted molar refractivity (Wildman–Crippen MR) is 76.2 cm³/mol. The summed E-state index contributed by atoms with van der Waals surface area (Å²) < 4.78 is 29.8. The summed E-state index contributed by atoms with van der Waals surface area (Å²) >= 11 is 0. The molecule has 7 heteroatoms. The monoisotopic (exact) mass is 308 g/mol. The molecule has 0 fully saturated rings. The fraction of sp³-hybridized carbons (Fsp3) is 0.750. The molecule has 0 aliphatic heterocycles. The first-order valence-corrected chi connectivity index (χ1v) is 8.77. The van der Waals surface area contributed by atoms with Crippen molar-refractivity contribution < 1.29 is 13.2 Å². The summed E-state index contributed by atoms with van der Waals surface area (Å²) in [4.78, 5) is 0. The van der Waals surface area contributed by atoms with E-state index in [9.17, 15) is 8.42 Å². The zero-order valence-corrected chi connectivity index (χ0v) is 13.4. The van der Waals surface area contributed by atoms with Crippen molar-refractivity contribution >= 4 is 19.7 Å². The Kier molecular flexibility index (Phi) is 5.67. The van der Waals surface area contributed by atoms with Crippen molar-refractivity contribution in [1.82, 2.24) is 9.78 Å². The van der Waals surface area contributed by atoms with Crippen molar-refractivity contribution in [3.05, 3.63) is 11.4 Å². The number of aryl methyl sites for hydroxylation is 2. The molecule has 1 aromatic heterocycles. The highest BCUT2D eigenvalue weighted by Crippen LogP contribution is 2.23. The molecule has 0 radical (unpaired) electrons. The molecule has 0 spiro atoms. The zero-order chi connectivity index (χ0) is 14.6. The first-order chi connectivity index (χ1) is 8.74. The quantitative estimate of drug-likeness (QED) is 0.726. The predicted octanol–water partition coefficient (Wildman–Crippen LogP) is 2.40. The van der Waals surface area contributed by atoms with E-state index in [1.807, 2.05) is 27.8 Å². The summed E-state index contributed by atoms with van der Waals surface area (Å²) in [5, 5.41) is 4.26. The topological polar surface area (TPSA) is 61.2 Å². The number of hydrogen-bond donors (Lipinski definition) is 0. The third-order valence-corrected chi connectivity index (χ3v) is 4.29. The first kappa shape index (κ1) is 16.3. The number of rotatable bonds is 7. The van der Waals surface area contributed by atoms with Crippen molar-refractivity contribution in [2.75, 3.05) is 12.4 Å². The van der Waals surface area contributed by atoms with Crippen LogP contribution in [0.5, 0.6) is 5.75 Å². The zero-order valence-electron chi connectivity index (χ0n) is 11.8. The fourth-order valence-electron chi connectivity index (χ4n) is 2.07. The van der Waals surface area contributed by atoms with Crippen LogP contribution in [0.1, 0.15) is 31.2 Å². The minimum Gasteiger partial charge on any atom is -0.489 e. The van der Waals surface area contributed by atoms with Gasteiger partial charge in [0, 0.05) is 23.6 Å². The van der Waals surface area contributed by atoms with E-state index in [2.05, 4.69) is 5.10 Å². The van der Waals surface area contributed by atoms with Gasteiger partial charge in [-0.1, -0.05) is 13.3 Å². The Hall–Kier alpha value is -0.750. The lowest BCUT2D eigenvalue weighted by molar-refractivity contribution is 0.250. The molecule has 0 saturated carbocycles. The second-order valence-electron chi connectivity index (χ2n) is 4.79. The Bertz CT molecular complexity index is 525. The van der Waals surface area contributed by atoms with E-state index in [-0.39, 0.29) is 11.7 Å². The third kappa shape index (κ3) is 5.03. The molecule has 0 bridgehead atoms. The van der Waals surface area contributed by atoms with Gasteiger partial charge in [-0.25, -0.2) is 8.42 Å². The summed E-state index contributed by atoms with van der Waals surface area (Å²) in [6.45, 7) is 6.14. The molecule has 0 amide bonds. The van der Waals surface area contributed by atoms with E-state index in [1.165, 1.54) is 0 Å². The second-order valence-corrected chi connectivity index (χ2v) is 7.62. The molecule has 0 saturated heterocycles. The van der Waals surface area contributed by atoms with Crippen LogP contribution in [0.2, 0.25) is 0 Å². The van der Waals surface area contributed by atoms with Crippen LogP contribution in [0.25, 0.3) is 0 Å². The van der Waals surface area contributed by atoms with Crippen LogP contribution < -0.4 is 4.74 Å². The van der Waals surface area contributed by atoms with Gasteiger partial charge in [-0.2, -0.15) is 5.10 Å². The maximum atomic E-state index is 11.2. The van der Waals surface area contributed by atoms with Gasteiger partial charge in [-0.05, 0) is 20.3 Å². The van der Waals surface area contributed by atoms with Crippen LogP contribution in [0.15, 0.2) is 0 Å². The summed E-state index contributed by atoms with van der Waals surface area (Å²) in [6.07, 6.45) is 1.66. The van der Waals surface area contributed by atoms with Crippen molar-refractivity contribution in [1.29, 1.82) is 0 Å². The normalized spacial score (nSPS) is 13.5. The highest BCUT2D eigenvalue weighted by molar-refractivity contribution is 8.13. The number of ether oxygens (including phenoxy) is 1. The van der Waals surface area contributed by atoms with Crippen LogP contribution >= 0.6 is 10.7 Å². The highest BCUT2D eigenvalue weighted by atomic mass is 35.7. The molecule has 1 unspecified atom stereocenters. The lowest BCUT2D eigenvalue weighted by Gasteiger charge is -2.15. The maximum absolute atomic E-state index is 11.2. The molecular formula is C12H21ClN2O3S. The van der Waals surface area contributed by atoms with Crippen LogP contribution in [-0.2, 0) is 16.1 Å². The van der Waals surface area contributed by atoms with Gasteiger partial charge in [0.1, 0.15) is 5.69 Å². The lowest BCUT2D eigenvalue weighted by Crippen LogP contribution is -2.20. The Morgan fingerprint density at radius 1 is 1.42 bits per heavy atom. The van der Waals surface area contributed by atoms with E-state index in [1.54, 1.807) is 4.68 Å². The van der Waals surface area contributed by atoms with Gasteiger partial charge >= 0.3 is 0 Å². The molecule has 110 valence electrons. The Balaban J connectivity index is 2.71. The molecule has 1 atom stereocenters. The minimum absolute atomic E-state index is 0.0548. The number of aromatic nitrogens is 2. The molecule has 1 heterocycles. The molecule has 0 N–H and O–H groups in total. The molecule has 1 rings (SSSR count). The van der Waals surface area contributed by atoms with Crippen LogP contribution in [0.4, 0.5) is 0 Å². The average molecular weight is 309 g/mol. The van der Waals surface area contributed by atoms with Gasteiger partial charge in [0.05, 0.1) is 18.1 Å². The van der Waals surface area contributed by atoms with Crippen molar-refractivity contribution in [2.24, 2.45) is 13.0 Å². The number of hydrogen-bond acceptors (Lipinski definition) is 4. The Morgan fingerprint density at radius 3 is 2.47 bits per heavy atom. The highest BCUT2D eigenvalue weighted by Gasteiger charge is 2.19. The number of nitrogens with zero attached hydrogens (tertiary/aromatic N) is 2. The third-order valence-electron chi connectivity index (χ3n) is 3.04. The largest absolute Gasteiger partial charge is 0.489 e. The minimum atomic E-state index is -3.49. The molecule has 1 aromatic rings. The van der Waals surface area contributed by atoms with Gasteiger partial charge < -0.3 is 4.74 Å². The smallest absolute Gasteiger partial charge is 0.232 e. The molecule has 0 aromatic carbocycles. The van der Waals surface area contributed by atoms with E-state index < -0.39 is 9.05 Å². The summed E-state index contributed by atoms with van der Waals surface area (Å²) in [5.74, 6) is 0.586. The standard InChI is InChI=1S/C12H21ClN2O3S/c1-5-6-11(8-19(13,16)17)7-18-12-9(2)14-15(4)10(12)3/h11H,5-8H2,1-4H3. The summed E-state index contributed by atoms with van der Waals surface area (Å²) in [6, 6.07) is 0. The van der Waals surface area contributed by atoms with Crippen molar-refractivity contribution in [3.8, 4) is 5.75 Å². The van der Waals surface area contributed by atoms with E-state index in [0.29, 0.717) is 6.61 Å². The van der Waals surface area contributed by atoms with Gasteiger partial charge in [-0.3, -0.25) is 4.68 Å². The molecule has 0 aliphatic carbocycles. The van der Waals surface area contributed by atoms with Gasteiger partial charge in [0.15, 0.2) is 5.75 Å². The summed E-state index contributed by atoms with van der Waals surface area (Å²) in [5.41, 5.74) is 1.74.